The molecule has 2 aromatic heterocycles. The van der Waals surface area contributed by atoms with E-state index in [1.165, 1.54) is 22.3 Å². The number of carbonyl (C=O) groups is 1. The fourth-order valence-corrected chi connectivity index (χ4v) is 3.94. The third-order valence-electron chi connectivity index (χ3n) is 5.39. The summed E-state index contributed by atoms with van der Waals surface area (Å²) in [6, 6.07) is 18.5. The number of amides is 1. The van der Waals surface area contributed by atoms with Crippen LogP contribution in [0.2, 0.25) is 0 Å². The summed E-state index contributed by atoms with van der Waals surface area (Å²) in [5.74, 6) is 6.15. The van der Waals surface area contributed by atoms with Crippen LogP contribution < -0.4 is 5.32 Å². The zero-order valence-electron chi connectivity index (χ0n) is 16.8. The van der Waals surface area contributed by atoms with Crippen LogP contribution in [-0.2, 0) is 4.74 Å². The van der Waals surface area contributed by atoms with Crippen LogP contribution in [0.1, 0.15) is 29.0 Å². The van der Waals surface area contributed by atoms with Crippen molar-refractivity contribution in [2.75, 3.05) is 13.2 Å². The molecule has 0 radical (unpaired) electrons. The van der Waals surface area contributed by atoms with Gasteiger partial charge in [-0.3, -0.25) is 10.1 Å². The normalized spacial score (nSPS) is 12.0. The molecule has 152 valence electrons. The lowest BCUT2D eigenvalue weighted by Gasteiger charge is -2.14. The molecule has 0 fully saturated rings. The SMILES string of the molecule is O=C(NCCC#Cc1cnc2cn[nH]c2c1)OCC1c2ccccc2-c2ccccc21. The number of H-pyrrole nitrogens is 1. The Morgan fingerprint density at radius 2 is 1.81 bits per heavy atom. The fourth-order valence-electron chi connectivity index (χ4n) is 3.94. The van der Waals surface area contributed by atoms with Crippen LogP contribution in [0.15, 0.2) is 67.0 Å². The number of aromatic nitrogens is 3. The first-order valence-electron chi connectivity index (χ1n) is 10.2. The van der Waals surface area contributed by atoms with E-state index in [9.17, 15) is 4.79 Å². The predicted molar refractivity (Wildman–Crippen MR) is 118 cm³/mol. The minimum Gasteiger partial charge on any atom is -0.449 e. The summed E-state index contributed by atoms with van der Waals surface area (Å²) in [5.41, 5.74) is 7.29. The maximum Gasteiger partial charge on any atom is 0.407 e. The van der Waals surface area contributed by atoms with Crippen molar-refractivity contribution in [1.82, 2.24) is 20.5 Å². The highest BCUT2D eigenvalue weighted by Gasteiger charge is 2.28. The topological polar surface area (TPSA) is 79.9 Å². The highest BCUT2D eigenvalue weighted by atomic mass is 16.5. The van der Waals surface area contributed by atoms with Gasteiger partial charge in [-0.25, -0.2) is 4.79 Å². The highest BCUT2D eigenvalue weighted by Crippen LogP contribution is 2.44. The Balaban J connectivity index is 1.14. The second-order valence-electron chi connectivity index (χ2n) is 7.33. The van der Waals surface area contributed by atoms with Crippen molar-refractivity contribution in [2.45, 2.75) is 12.3 Å². The lowest BCUT2D eigenvalue weighted by molar-refractivity contribution is 0.143. The molecule has 0 unspecified atom stereocenters. The fraction of sp³-hybridized carbons (Fsp3) is 0.160. The average molecular weight is 408 g/mol. The molecule has 0 spiro atoms. The molecule has 5 rings (SSSR count). The van der Waals surface area contributed by atoms with E-state index in [1.807, 2.05) is 30.3 Å². The van der Waals surface area contributed by atoms with Crippen LogP contribution in [0.3, 0.4) is 0 Å². The average Bonchev–Trinajstić information content (AvgIpc) is 3.40. The number of rotatable bonds is 4. The standard InChI is InChI=1S/C25H20N4O2/c30-25(26-12-6-5-7-17-13-23-24(27-14-17)15-28-29-23)31-16-22-20-10-3-1-8-18(20)19-9-2-4-11-21(19)22/h1-4,8-11,13-15,22H,6,12,16H2,(H,26,30)(H,28,29). The Morgan fingerprint density at radius 1 is 1.06 bits per heavy atom. The van der Waals surface area contributed by atoms with Gasteiger partial charge in [0.15, 0.2) is 0 Å². The van der Waals surface area contributed by atoms with Crippen LogP contribution in [0.4, 0.5) is 4.79 Å². The van der Waals surface area contributed by atoms with Gasteiger partial charge in [0, 0.05) is 30.6 Å². The first-order valence-corrected chi connectivity index (χ1v) is 10.2. The molecule has 6 heteroatoms. The summed E-state index contributed by atoms with van der Waals surface area (Å²) in [7, 11) is 0. The van der Waals surface area contributed by atoms with Crippen LogP contribution >= 0.6 is 0 Å². The van der Waals surface area contributed by atoms with E-state index in [0.717, 1.165) is 16.6 Å². The van der Waals surface area contributed by atoms with Crippen molar-refractivity contribution in [3.63, 3.8) is 0 Å². The zero-order valence-corrected chi connectivity index (χ0v) is 16.8. The van der Waals surface area contributed by atoms with Gasteiger partial charge in [0.25, 0.3) is 0 Å². The molecule has 2 heterocycles. The van der Waals surface area contributed by atoms with Gasteiger partial charge in [-0.15, -0.1) is 0 Å². The minimum atomic E-state index is -0.427. The van der Waals surface area contributed by atoms with E-state index in [0.29, 0.717) is 19.6 Å². The number of aromatic amines is 1. The van der Waals surface area contributed by atoms with Crippen molar-refractivity contribution in [1.29, 1.82) is 0 Å². The van der Waals surface area contributed by atoms with Gasteiger partial charge in [0.2, 0.25) is 0 Å². The minimum absolute atomic E-state index is 0.0582. The summed E-state index contributed by atoms with van der Waals surface area (Å²) in [4.78, 5) is 16.4. The van der Waals surface area contributed by atoms with Gasteiger partial charge in [0.1, 0.15) is 12.1 Å². The summed E-state index contributed by atoms with van der Waals surface area (Å²) in [6.07, 6.45) is 3.48. The Bertz CT molecular complexity index is 1270. The quantitative estimate of drug-likeness (QED) is 0.391. The number of fused-ring (bicyclic) bond motifs is 4. The number of pyridine rings is 1. The smallest absolute Gasteiger partial charge is 0.407 e. The maximum absolute atomic E-state index is 12.2. The molecule has 1 aliphatic carbocycles. The van der Waals surface area contributed by atoms with Gasteiger partial charge in [-0.1, -0.05) is 60.4 Å². The lowest BCUT2D eigenvalue weighted by atomic mass is 9.98. The number of ether oxygens (including phenoxy) is 1. The molecule has 0 saturated heterocycles. The maximum atomic E-state index is 12.2. The number of nitrogens with one attached hydrogen (secondary N) is 2. The van der Waals surface area contributed by atoms with E-state index in [1.54, 1.807) is 12.4 Å². The zero-order chi connectivity index (χ0) is 21.0. The van der Waals surface area contributed by atoms with E-state index in [4.69, 9.17) is 4.74 Å². The van der Waals surface area contributed by atoms with Crippen molar-refractivity contribution >= 4 is 17.1 Å². The molecule has 1 amide bonds. The number of benzene rings is 2. The number of alkyl carbamates (subject to hydrolysis) is 1. The van der Waals surface area contributed by atoms with Crippen LogP contribution in [-0.4, -0.2) is 34.4 Å². The summed E-state index contributed by atoms with van der Waals surface area (Å²) in [5, 5.41) is 9.59. The molecule has 31 heavy (non-hydrogen) atoms. The molecular weight excluding hydrogens is 388 g/mol. The molecule has 0 atom stereocenters. The molecule has 1 aliphatic rings. The van der Waals surface area contributed by atoms with Gasteiger partial charge in [-0.2, -0.15) is 5.10 Å². The van der Waals surface area contributed by atoms with Gasteiger partial charge in [0.05, 0.1) is 11.7 Å². The van der Waals surface area contributed by atoms with Crippen molar-refractivity contribution in [2.24, 2.45) is 0 Å². The number of carbonyl (C=O) groups excluding carboxylic acids is 1. The Morgan fingerprint density at radius 3 is 2.58 bits per heavy atom. The second kappa shape index (κ2) is 8.33. The van der Waals surface area contributed by atoms with E-state index >= 15 is 0 Å². The van der Waals surface area contributed by atoms with Gasteiger partial charge >= 0.3 is 6.09 Å². The van der Waals surface area contributed by atoms with Crippen LogP contribution in [0.25, 0.3) is 22.2 Å². The van der Waals surface area contributed by atoms with E-state index < -0.39 is 6.09 Å². The molecule has 2 aromatic carbocycles. The number of nitrogens with zero attached hydrogens (tertiary/aromatic N) is 2. The third-order valence-corrected chi connectivity index (χ3v) is 5.39. The van der Waals surface area contributed by atoms with E-state index in [2.05, 4.69) is 56.6 Å². The lowest BCUT2D eigenvalue weighted by Crippen LogP contribution is -2.26. The number of hydrogen-bond donors (Lipinski definition) is 2. The first-order chi connectivity index (χ1) is 15.3. The first kappa shape index (κ1) is 18.9. The Kier molecular flexibility index (Phi) is 5.07. The van der Waals surface area contributed by atoms with Gasteiger partial charge in [-0.05, 0) is 28.3 Å². The Labute approximate surface area is 179 Å². The van der Waals surface area contributed by atoms with Crippen molar-refractivity contribution in [3.8, 4) is 23.0 Å². The molecule has 0 bridgehead atoms. The summed E-state index contributed by atoms with van der Waals surface area (Å²) >= 11 is 0. The van der Waals surface area contributed by atoms with Crippen LogP contribution in [0, 0.1) is 11.8 Å². The summed E-state index contributed by atoms with van der Waals surface area (Å²) < 4.78 is 5.52. The molecular formula is C25H20N4O2. The largest absolute Gasteiger partial charge is 0.449 e. The second-order valence-corrected chi connectivity index (χ2v) is 7.33. The van der Waals surface area contributed by atoms with Crippen molar-refractivity contribution in [3.05, 3.63) is 83.7 Å². The van der Waals surface area contributed by atoms with Crippen molar-refractivity contribution < 1.29 is 9.53 Å². The summed E-state index contributed by atoms with van der Waals surface area (Å²) in [6.45, 7) is 0.727. The molecule has 2 N–H and O–H groups in total. The molecule has 4 aromatic rings. The third kappa shape index (κ3) is 3.86. The predicted octanol–water partition coefficient (Wildman–Crippen LogP) is 4.24. The highest BCUT2D eigenvalue weighted by molar-refractivity contribution is 5.79. The Hall–Kier alpha value is -4.11. The monoisotopic (exact) mass is 408 g/mol. The number of hydrogen-bond acceptors (Lipinski definition) is 4. The van der Waals surface area contributed by atoms with E-state index in [-0.39, 0.29) is 5.92 Å². The van der Waals surface area contributed by atoms with Gasteiger partial charge < -0.3 is 10.1 Å². The molecule has 0 saturated carbocycles. The molecule has 6 nitrogen and oxygen atoms in total. The molecule has 0 aliphatic heterocycles. The van der Waals surface area contributed by atoms with Crippen LogP contribution in [0.5, 0.6) is 0 Å².